The predicted octanol–water partition coefficient (Wildman–Crippen LogP) is 6.35. The number of rotatable bonds is 13. The van der Waals surface area contributed by atoms with Crippen LogP contribution >= 0.6 is 0 Å². The van der Waals surface area contributed by atoms with Crippen molar-refractivity contribution in [2.75, 3.05) is 37.8 Å². The summed E-state index contributed by atoms with van der Waals surface area (Å²) in [7, 11) is -3.26. The number of amides is 2. The van der Waals surface area contributed by atoms with Gasteiger partial charge < -0.3 is 15.1 Å². The molecular formula is C39H45N3O4S. The number of piperidine rings is 1. The summed E-state index contributed by atoms with van der Waals surface area (Å²) in [6.07, 6.45) is 4.63. The van der Waals surface area contributed by atoms with Crippen molar-refractivity contribution < 1.29 is 18.0 Å². The second kappa shape index (κ2) is 16.0. The minimum atomic E-state index is -3.26. The second-order valence-corrected chi connectivity index (χ2v) is 14.4. The Morgan fingerprint density at radius 3 is 1.96 bits per heavy atom. The van der Waals surface area contributed by atoms with Crippen LogP contribution in [-0.4, -0.2) is 68.5 Å². The van der Waals surface area contributed by atoms with Crippen molar-refractivity contribution in [3.8, 4) is 0 Å². The number of anilines is 1. The molecule has 1 aliphatic rings. The molecule has 0 aromatic heterocycles. The third-order valence-electron chi connectivity index (χ3n) is 9.11. The third-order valence-corrected chi connectivity index (χ3v) is 10.2. The van der Waals surface area contributed by atoms with Gasteiger partial charge in [-0.25, -0.2) is 8.42 Å². The van der Waals surface area contributed by atoms with Crippen LogP contribution in [0.4, 0.5) is 5.69 Å². The van der Waals surface area contributed by atoms with Gasteiger partial charge in [0.25, 0.3) is 0 Å². The summed E-state index contributed by atoms with van der Waals surface area (Å²) in [6, 6.07) is 35.4. The van der Waals surface area contributed by atoms with E-state index in [9.17, 15) is 18.0 Å². The second-order valence-electron chi connectivity index (χ2n) is 12.4. The number of benzene rings is 4. The molecule has 0 radical (unpaired) electrons. The molecule has 246 valence electrons. The van der Waals surface area contributed by atoms with Crippen LogP contribution in [0.3, 0.4) is 0 Å². The van der Waals surface area contributed by atoms with E-state index in [-0.39, 0.29) is 35.1 Å². The zero-order valence-electron chi connectivity index (χ0n) is 27.3. The Balaban J connectivity index is 1.15. The number of nitrogens with one attached hydrogen (secondary N) is 1. The molecule has 1 N–H and O–H groups in total. The van der Waals surface area contributed by atoms with Crippen molar-refractivity contribution in [1.29, 1.82) is 0 Å². The average molecular weight is 652 g/mol. The first-order chi connectivity index (χ1) is 22.7. The Morgan fingerprint density at radius 2 is 1.36 bits per heavy atom. The van der Waals surface area contributed by atoms with Crippen LogP contribution in [0.2, 0.25) is 0 Å². The van der Waals surface area contributed by atoms with Gasteiger partial charge in [0, 0.05) is 43.5 Å². The first-order valence-corrected chi connectivity index (χ1v) is 18.4. The summed E-state index contributed by atoms with van der Waals surface area (Å²) in [6.45, 7) is 5.51. The molecule has 2 amide bonds. The number of sulfone groups is 1. The highest BCUT2D eigenvalue weighted by atomic mass is 32.2. The molecule has 1 heterocycles. The van der Waals surface area contributed by atoms with Crippen molar-refractivity contribution in [2.24, 2.45) is 0 Å². The van der Waals surface area contributed by atoms with Crippen LogP contribution < -0.4 is 5.32 Å². The molecule has 7 nitrogen and oxygen atoms in total. The van der Waals surface area contributed by atoms with Gasteiger partial charge in [0.2, 0.25) is 11.8 Å². The van der Waals surface area contributed by atoms with Crippen molar-refractivity contribution in [2.45, 2.75) is 55.9 Å². The van der Waals surface area contributed by atoms with Crippen LogP contribution in [0.5, 0.6) is 0 Å². The fourth-order valence-electron chi connectivity index (χ4n) is 6.53. The van der Waals surface area contributed by atoms with Gasteiger partial charge in [-0.05, 0) is 79.3 Å². The number of carbonyl (C=O) groups is 2. The summed E-state index contributed by atoms with van der Waals surface area (Å²) in [5, 5.41) is 3.03. The van der Waals surface area contributed by atoms with Crippen LogP contribution in [0.25, 0.3) is 0 Å². The average Bonchev–Trinajstić information content (AvgIpc) is 3.07. The highest BCUT2D eigenvalue weighted by Crippen LogP contribution is 2.30. The molecule has 1 saturated heterocycles. The Kier molecular flexibility index (Phi) is 11.6. The van der Waals surface area contributed by atoms with E-state index in [1.165, 1.54) is 17.4 Å². The van der Waals surface area contributed by atoms with Gasteiger partial charge in [0.05, 0.1) is 17.7 Å². The summed E-state index contributed by atoms with van der Waals surface area (Å²) in [5.74, 6) is 0.284. The van der Waals surface area contributed by atoms with Crippen molar-refractivity contribution in [1.82, 2.24) is 9.80 Å². The third kappa shape index (κ3) is 9.62. The first-order valence-electron chi connectivity index (χ1n) is 16.5. The molecule has 1 aliphatic heterocycles. The van der Waals surface area contributed by atoms with Crippen molar-refractivity contribution >= 4 is 27.3 Å². The lowest BCUT2D eigenvalue weighted by molar-refractivity contribution is -0.133. The predicted molar refractivity (Wildman–Crippen MR) is 188 cm³/mol. The Morgan fingerprint density at radius 1 is 0.787 bits per heavy atom. The molecule has 47 heavy (non-hydrogen) atoms. The van der Waals surface area contributed by atoms with Crippen LogP contribution in [0.1, 0.15) is 54.4 Å². The smallest absolute Gasteiger partial charge is 0.228 e. The van der Waals surface area contributed by atoms with E-state index in [0.717, 1.165) is 55.7 Å². The Labute approximate surface area is 279 Å². The van der Waals surface area contributed by atoms with E-state index in [0.29, 0.717) is 13.0 Å². The lowest BCUT2D eigenvalue weighted by Crippen LogP contribution is -2.48. The lowest BCUT2D eigenvalue weighted by atomic mass is 9.88. The number of likely N-dealkylation sites (N-methyl/N-ethyl adjacent to an activating group) is 1. The maximum Gasteiger partial charge on any atom is 0.228 e. The van der Waals surface area contributed by atoms with E-state index in [2.05, 4.69) is 46.6 Å². The van der Waals surface area contributed by atoms with Crippen molar-refractivity contribution in [3.63, 3.8) is 0 Å². The van der Waals surface area contributed by atoms with E-state index in [1.807, 2.05) is 60.4 Å². The number of carbonyl (C=O) groups excluding carboxylic acids is 2. The molecule has 0 spiro atoms. The standard InChI is InChI=1S/C39H45N3O4S/c1-3-42(39(44)29-31-14-20-36(21-15-31)47(2,45)46)35-22-25-41(26-23-35)27-24-37(32-12-8-5-9-13-32)33-16-18-34(19-17-33)40-38(43)28-30-10-6-4-7-11-30/h4-21,35,37H,3,22-29H2,1-2H3,(H,40,43). The lowest BCUT2D eigenvalue weighted by Gasteiger charge is -2.38. The van der Waals surface area contributed by atoms with E-state index in [1.54, 1.807) is 24.3 Å². The van der Waals surface area contributed by atoms with Gasteiger partial charge in [0.15, 0.2) is 9.84 Å². The molecule has 1 fully saturated rings. The van der Waals surface area contributed by atoms with E-state index in [4.69, 9.17) is 0 Å². The van der Waals surface area contributed by atoms with Gasteiger partial charge in [0.1, 0.15) is 0 Å². The molecule has 5 rings (SSSR count). The Hall–Kier alpha value is -4.27. The Bertz CT molecular complexity index is 1700. The molecule has 4 aromatic carbocycles. The van der Waals surface area contributed by atoms with Gasteiger partial charge in [-0.15, -0.1) is 0 Å². The molecule has 0 saturated carbocycles. The maximum atomic E-state index is 13.3. The van der Waals surface area contributed by atoms with Gasteiger partial charge >= 0.3 is 0 Å². The summed E-state index contributed by atoms with van der Waals surface area (Å²) < 4.78 is 23.6. The monoisotopic (exact) mass is 651 g/mol. The number of nitrogens with zero attached hydrogens (tertiary/aromatic N) is 2. The quantitative estimate of drug-likeness (QED) is 0.182. The molecular weight excluding hydrogens is 607 g/mol. The summed E-state index contributed by atoms with van der Waals surface area (Å²) >= 11 is 0. The topological polar surface area (TPSA) is 86.8 Å². The highest BCUT2D eigenvalue weighted by molar-refractivity contribution is 7.90. The van der Waals surface area contributed by atoms with Crippen LogP contribution in [-0.2, 0) is 32.3 Å². The van der Waals surface area contributed by atoms with E-state index < -0.39 is 9.84 Å². The maximum absolute atomic E-state index is 13.3. The normalized spacial score (nSPS) is 14.8. The molecule has 0 bridgehead atoms. The zero-order valence-corrected chi connectivity index (χ0v) is 28.2. The van der Waals surface area contributed by atoms with Gasteiger partial charge in [-0.1, -0.05) is 84.9 Å². The summed E-state index contributed by atoms with van der Waals surface area (Å²) in [5.41, 5.74) is 5.11. The molecule has 1 atom stereocenters. The van der Waals surface area contributed by atoms with Crippen LogP contribution in [0.15, 0.2) is 114 Å². The first kappa shape index (κ1) is 34.1. The minimum absolute atomic E-state index is 0.0291. The molecule has 0 aliphatic carbocycles. The summed E-state index contributed by atoms with van der Waals surface area (Å²) in [4.78, 5) is 30.6. The van der Waals surface area contributed by atoms with E-state index >= 15 is 0 Å². The molecule has 8 heteroatoms. The minimum Gasteiger partial charge on any atom is -0.340 e. The van der Waals surface area contributed by atoms with Crippen molar-refractivity contribution in [3.05, 3.63) is 131 Å². The number of hydrogen-bond acceptors (Lipinski definition) is 5. The number of likely N-dealkylation sites (tertiary alicyclic amines) is 1. The van der Waals surface area contributed by atoms with Gasteiger partial charge in [-0.3, -0.25) is 9.59 Å². The largest absolute Gasteiger partial charge is 0.340 e. The van der Waals surface area contributed by atoms with Gasteiger partial charge in [-0.2, -0.15) is 0 Å². The fraction of sp³-hybridized carbons (Fsp3) is 0.333. The fourth-order valence-corrected chi connectivity index (χ4v) is 7.16. The number of hydrogen-bond donors (Lipinski definition) is 1. The zero-order chi connectivity index (χ0) is 33.2. The molecule has 4 aromatic rings. The highest BCUT2D eigenvalue weighted by Gasteiger charge is 2.27. The molecule has 1 unspecified atom stereocenters. The SMILES string of the molecule is CCN(C(=O)Cc1ccc(S(C)(=O)=O)cc1)C1CCN(CCC(c2ccccc2)c2ccc(NC(=O)Cc3ccccc3)cc2)CC1. The van der Waals surface area contributed by atoms with Crippen LogP contribution in [0, 0.1) is 0 Å².